The topological polar surface area (TPSA) is 44.6 Å². The third-order valence-corrected chi connectivity index (χ3v) is 1.99. The molecule has 0 amide bonds. The molecule has 0 aliphatic heterocycles. The molecule has 0 spiro atoms. The molecule has 0 unspecified atom stereocenters. The molecule has 0 aromatic heterocycles. The normalized spacial score (nSPS) is 10.5. The number of nitrogens with zero attached hydrogens (tertiary/aromatic N) is 1. The van der Waals surface area contributed by atoms with E-state index >= 15 is 0 Å². The van der Waals surface area contributed by atoms with Gasteiger partial charge in [-0.15, -0.1) is 0 Å². The third kappa shape index (κ3) is 1.98. The molecule has 2 N–H and O–H groups in total. The highest BCUT2D eigenvalue weighted by atomic mass is 79.9. The lowest BCUT2D eigenvalue weighted by atomic mass is 10.2. The summed E-state index contributed by atoms with van der Waals surface area (Å²) in [7, 11) is 1.70. The van der Waals surface area contributed by atoms with Crippen LogP contribution in [-0.4, -0.2) is 18.4 Å². The average molecular weight is 229 g/mol. The second kappa shape index (κ2) is 4.11. The molecule has 0 bridgehead atoms. The second-order valence-corrected chi connectivity index (χ2v) is 3.01. The van der Waals surface area contributed by atoms with Crippen molar-refractivity contribution in [3.8, 4) is 5.75 Å². The van der Waals surface area contributed by atoms with Gasteiger partial charge in [-0.3, -0.25) is 0 Å². The van der Waals surface area contributed by atoms with E-state index in [4.69, 9.17) is 0 Å². The van der Waals surface area contributed by atoms with Crippen molar-refractivity contribution in [3.05, 3.63) is 28.2 Å². The Balaban J connectivity index is 3.00. The van der Waals surface area contributed by atoms with E-state index in [0.29, 0.717) is 10.0 Å². The number of halogens is 1. The first-order valence-corrected chi connectivity index (χ1v) is 4.22. The maximum atomic E-state index is 9.46. The van der Waals surface area contributed by atoms with Gasteiger partial charge in [-0.1, -0.05) is 6.07 Å². The predicted molar refractivity (Wildman–Crippen MR) is 52.5 cm³/mol. The number of benzene rings is 1. The number of phenols is 1. The minimum absolute atomic E-state index is 0.205. The van der Waals surface area contributed by atoms with Gasteiger partial charge in [-0.25, -0.2) is 0 Å². The minimum atomic E-state index is 0.205. The lowest BCUT2D eigenvalue weighted by Crippen LogP contribution is -1.94. The van der Waals surface area contributed by atoms with Crippen molar-refractivity contribution in [1.82, 2.24) is 5.43 Å². The number of nitrogens with one attached hydrogen (secondary N) is 1. The van der Waals surface area contributed by atoms with Crippen molar-refractivity contribution in [1.29, 1.82) is 0 Å². The smallest absolute Gasteiger partial charge is 0.138 e. The highest BCUT2D eigenvalue weighted by Gasteiger charge is 2.00. The van der Waals surface area contributed by atoms with Crippen LogP contribution < -0.4 is 5.43 Å². The monoisotopic (exact) mass is 228 g/mol. The molecule has 4 heteroatoms. The third-order valence-electron chi connectivity index (χ3n) is 1.35. The molecule has 1 aromatic rings. The first kappa shape index (κ1) is 9.06. The fraction of sp³-hybridized carbons (Fsp3) is 0.125. The highest BCUT2D eigenvalue weighted by molar-refractivity contribution is 9.10. The Morgan fingerprint density at radius 3 is 3.00 bits per heavy atom. The quantitative estimate of drug-likeness (QED) is 0.598. The molecular weight excluding hydrogens is 220 g/mol. The predicted octanol–water partition coefficient (Wildman–Crippen LogP) is 1.71. The summed E-state index contributed by atoms with van der Waals surface area (Å²) in [5, 5.41) is 13.2. The molecule has 0 saturated carbocycles. The van der Waals surface area contributed by atoms with Crippen molar-refractivity contribution < 1.29 is 5.11 Å². The van der Waals surface area contributed by atoms with Crippen LogP contribution in [0.1, 0.15) is 5.56 Å². The summed E-state index contributed by atoms with van der Waals surface area (Å²) in [6, 6.07) is 5.38. The van der Waals surface area contributed by atoms with Gasteiger partial charge in [0.15, 0.2) is 0 Å². The number of aromatic hydroxyl groups is 1. The molecule has 0 aliphatic carbocycles. The summed E-state index contributed by atoms with van der Waals surface area (Å²) >= 11 is 3.21. The van der Waals surface area contributed by atoms with Crippen molar-refractivity contribution in [3.63, 3.8) is 0 Å². The zero-order chi connectivity index (χ0) is 8.97. The van der Waals surface area contributed by atoms with Gasteiger partial charge in [0.2, 0.25) is 0 Å². The largest absolute Gasteiger partial charge is 0.506 e. The van der Waals surface area contributed by atoms with Gasteiger partial charge >= 0.3 is 0 Å². The number of para-hydroxylation sites is 1. The van der Waals surface area contributed by atoms with E-state index in [9.17, 15) is 5.11 Å². The lowest BCUT2D eigenvalue weighted by molar-refractivity contribution is 0.471. The van der Waals surface area contributed by atoms with E-state index in [1.165, 1.54) is 0 Å². The van der Waals surface area contributed by atoms with E-state index in [1.807, 2.05) is 6.07 Å². The van der Waals surface area contributed by atoms with Crippen molar-refractivity contribution in [2.75, 3.05) is 7.05 Å². The van der Waals surface area contributed by atoms with Crippen LogP contribution in [0.25, 0.3) is 0 Å². The van der Waals surface area contributed by atoms with Crippen LogP contribution >= 0.6 is 15.9 Å². The fourth-order valence-corrected chi connectivity index (χ4v) is 1.15. The van der Waals surface area contributed by atoms with Crippen LogP contribution in [0.2, 0.25) is 0 Å². The molecule has 1 aromatic carbocycles. The lowest BCUT2D eigenvalue weighted by Gasteiger charge is -1.99. The van der Waals surface area contributed by atoms with Crippen LogP contribution in [0.5, 0.6) is 5.75 Å². The van der Waals surface area contributed by atoms with Gasteiger partial charge < -0.3 is 10.5 Å². The molecule has 0 aliphatic rings. The molecule has 3 nitrogen and oxygen atoms in total. The van der Waals surface area contributed by atoms with Crippen molar-refractivity contribution in [2.45, 2.75) is 0 Å². The average Bonchev–Trinajstić information content (AvgIpc) is 2.08. The minimum Gasteiger partial charge on any atom is -0.506 e. The maximum Gasteiger partial charge on any atom is 0.138 e. The van der Waals surface area contributed by atoms with Gasteiger partial charge in [-0.2, -0.15) is 5.10 Å². The molecular formula is C8H9BrN2O. The van der Waals surface area contributed by atoms with E-state index in [1.54, 1.807) is 25.4 Å². The summed E-state index contributed by atoms with van der Waals surface area (Å²) in [6.07, 6.45) is 1.56. The standard InChI is InChI=1S/C8H9BrN2O/c1-10-11-5-6-3-2-4-7(9)8(6)12/h2-5,10,12H,1H3/b11-5+. The molecule has 12 heavy (non-hydrogen) atoms. The first-order valence-electron chi connectivity index (χ1n) is 3.43. The SMILES string of the molecule is CN/N=C/c1cccc(Br)c1O. The number of hydrogen-bond donors (Lipinski definition) is 2. The Kier molecular flexibility index (Phi) is 3.10. The van der Waals surface area contributed by atoms with Gasteiger partial charge in [-0.05, 0) is 28.1 Å². The summed E-state index contributed by atoms with van der Waals surface area (Å²) < 4.78 is 0.669. The Hall–Kier alpha value is -1.03. The molecule has 0 saturated heterocycles. The Morgan fingerprint density at radius 1 is 1.58 bits per heavy atom. The molecule has 1 rings (SSSR count). The Morgan fingerprint density at radius 2 is 2.33 bits per heavy atom. The fourth-order valence-electron chi connectivity index (χ4n) is 0.770. The summed E-state index contributed by atoms with van der Waals surface area (Å²) in [5.74, 6) is 0.205. The van der Waals surface area contributed by atoms with Gasteiger partial charge in [0.25, 0.3) is 0 Å². The highest BCUT2D eigenvalue weighted by Crippen LogP contribution is 2.25. The van der Waals surface area contributed by atoms with Crippen LogP contribution in [0.4, 0.5) is 0 Å². The zero-order valence-electron chi connectivity index (χ0n) is 6.58. The van der Waals surface area contributed by atoms with Gasteiger partial charge in [0.1, 0.15) is 5.75 Å². The van der Waals surface area contributed by atoms with E-state index in [-0.39, 0.29) is 5.75 Å². The number of hydrazone groups is 1. The van der Waals surface area contributed by atoms with Gasteiger partial charge in [0, 0.05) is 12.6 Å². The first-order chi connectivity index (χ1) is 5.75. The Bertz CT molecular complexity index is 299. The molecule has 0 radical (unpaired) electrons. The molecule has 0 heterocycles. The maximum absolute atomic E-state index is 9.46. The van der Waals surface area contributed by atoms with Crippen LogP contribution in [-0.2, 0) is 0 Å². The summed E-state index contributed by atoms with van der Waals surface area (Å²) in [6.45, 7) is 0. The summed E-state index contributed by atoms with van der Waals surface area (Å²) in [5.41, 5.74) is 3.29. The van der Waals surface area contributed by atoms with E-state index in [0.717, 1.165) is 0 Å². The van der Waals surface area contributed by atoms with Gasteiger partial charge in [0.05, 0.1) is 10.7 Å². The second-order valence-electron chi connectivity index (χ2n) is 2.16. The van der Waals surface area contributed by atoms with Crippen LogP contribution in [0.3, 0.4) is 0 Å². The van der Waals surface area contributed by atoms with Crippen molar-refractivity contribution in [2.24, 2.45) is 5.10 Å². The molecule has 0 atom stereocenters. The Labute approximate surface area is 79.2 Å². The van der Waals surface area contributed by atoms with Crippen molar-refractivity contribution >= 4 is 22.1 Å². The zero-order valence-corrected chi connectivity index (χ0v) is 8.17. The van der Waals surface area contributed by atoms with Crippen LogP contribution in [0, 0.1) is 0 Å². The number of hydrogen-bond acceptors (Lipinski definition) is 3. The van der Waals surface area contributed by atoms with E-state index < -0.39 is 0 Å². The van der Waals surface area contributed by atoms with Crippen LogP contribution in [0.15, 0.2) is 27.8 Å². The molecule has 0 fully saturated rings. The van der Waals surface area contributed by atoms with E-state index in [2.05, 4.69) is 26.5 Å². The number of rotatable bonds is 2. The molecule has 64 valence electrons. The summed E-state index contributed by atoms with van der Waals surface area (Å²) in [4.78, 5) is 0. The number of phenolic OH excluding ortho intramolecular Hbond substituents is 1.